The number of ether oxygens (including phenoxy) is 3. The largest absolute Gasteiger partial charge is 0.467 e. The Balaban J connectivity index is 2.70. The molecule has 1 aliphatic heterocycles. The topological polar surface area (TPSA) is 61.8 Å². The average Bonchev–Trinajstić information content (AvgIpc) is 2.14. The second-order valence-electron chi connectivity index (χ2n) is 3.56. The van der Waals surface area contributed by atoms with Crippen LogP contribution >= 0.6 is 0 Å². The van der Waals surface area contributed by atoms with Crippen molar-refractivity contribution in [2.75, 3.05) is 7.11 Å². The van der Waals surface area contributed by atoms with E-state index in [-0.39, 0.29) is 6.42 Å². The fourth-order valence-electron chi connectivity index (χ4n) is 1.40. The standard InChI is InChI=1S/C9H14O5/c1-9(2)13-6(5-10)4-7(14-9)8(11)12-3/h5-7H,4H2,1-3H3. The first-order chi connectivity index (χ1) is 6.48. The second-order valence-corrected chi connectivity index (χ2v) is 3.56. The smallest absolute Gasteiger partial charge is 0.335 e. The predicted octanol–water partition coefficient (Wildman–Crippen LogP) is 0.268. The molecule has 0 radical (unpaired) electrons. The van der Waals surface area contributed by atoms with Crippen molar-refractivity contribution in [3.63, 3.8) is 0 Å². The Morgan fingerprint density at radius 2 is 2.14 bits per heavy atom. The number of rotatable bonds is 2. The number of esters is 1. The molecule has 0 amide bonds. The summed E-state index contributed by atoms with van der Waals surface area (Å²) in [6.45, 7) is 3.30. The maximum Gasteiger partial charge on any atom is 0.335 e. The Morgan fingerprint density at radius 1 is 1.50 bits per heavy atom. The molecule has 1 aliphatic rings. The van der Waals surface area contributed by atoms with Crippen LogP contribution in [0.25, 0.3) is 0 Å². The summed E-state index contributed by atoms with van der Waals surface area (Å²) < 4.78 is 15.1. The molecule has 0 aromatic heterocycles. The van der Waals surface area contributed by atoms with Gasteiger partial charge in [0.2, 0.25) is 0 Å². The lowest BCUT2D eigenvalue weighted by molar-refractivity contribution is -0.289. The Kier molecular flexibility index (Phi) is 3.23. The van der Waals surface area contributed by atoms with Crippen LogP contribution in [-0.2, 0) is 23.8 Å². The van der Waals surface area contributed by atoms with Crippen LogP contribution in [0.15, 0.2) is 0 Å². The van der Waals surface area contributed by atoms with Crippen LogP contribution in [0.1, 0.15) is 20.3 Å². The van der Waals surface area contributed by atoms with Gasteiger partial charge in [-0.3, -0.25) is 0 Å². The Hall–Kier alpha value is -0.940. The van der Waals surface area contributed by atoms with Gasteiger partial charge in [0, 0.05) is 6.42 Å². The van der Waals surface area contributed by atoms with E-state index in [9.17, 15) is 9.59 Å². The lowest BCUT2D eigenvalue weighted by atomic mass is 10.1. The molecule has 1 fully saturated rings. The van der Waals surface area contributed by atoms with Crippen LogP contribution in [0.4, 0.5) is 0 Å². The molecule has 1 saturated heterocycles. The van der Waals surface area contributed by atoms with E-state index in [1.54, 1.807) is 13.8 Å². The van der Waals surface area contributed by atoms with Gasteiger partial charge in [-0.25, -0.2) is 4.79 Å². The number of carbonyl (C=O) groups excluding carboxylic acids is 2. The van der Waals surface area contributed by atoms with Gasteiger partial charge in [-0.05, 0) is 13.8 Å². The van der Waals surface area contributed by atoms with Crippen LogP contribution in [-0.4, -0.2) is 37.4 Å². The zero-order valence-corrected chi connectivity index (χ0v) is 8.48. The van der Waals surface area contributed by atoms with Crippen LogP contribution in [0.3, 0.4) is 0 Å². The van der Waals surface area contributed by atoms with E-state index in [1.165, 1.54) is 7.11 Å². The van der Waals surface area contributed by atoms with Gasteiger partial charge in [0.25, 0.3) is 0 Å². The maximum absolute atomic E-state index is 11.2. The molecule has 1 heterocycles. The molecule has 0 aliphatic carbocycles. The maximum atomic E-state index is 11.2. The normalized spacial score (nSPS) is 30.8. The predicted molar refractivity (Wildman–Crippen MR) is 46.5 cm³/mol. The number of hydrogen-bond acceptors (Lipinski definition) is 5. The molecule has 2 unspecified atom stereocenters. The van der Waals surface area contributed by atoms with E-state index in [2.05, 4.69) is 4.74 Å². The highest BCUT2D eigenvalue weighted by atomic mass is 16.7. The molecular weight excluding hydrogens is 188 g/mol. The van der Waals surface area contributed by atoms with Gasteiger partial charge in [-0.15, -0.1) is 0 Å². The third-order valence-corrected chi connectivity index (χ3v) is 1.92. The molecule has 0 saturated carbocycles. The Labute approximate surface area is 82.3 Å². The van der Waals surface area contributed by atoms with Gasteiger partial charge in [0.15, 0.2) is 11.9 Å². The average molecular weight is 202 g/mol. The van der Waals surface area contributed by atoms with Crippen molar-refractivity contribution in [1.29, 1.82) is 0 Å². The quantitative estimate of drug-likeness (QED) is 0.475. The third kappa shape index (κ3) is 2.52. The lowest BCUT2D eigenvalue weighted by Gasteiger charge is -2.37. The molecule has 0 bridgehead atoms. The first-order valence-electron chi connectivity index (χ1n) is 4.37. The molecule has 0 spiro atoms. The lowest BCUT2D eigenvalue weighted by Crippen LogP contribution is -2.48. The summed E-state index contributed by atoms with van der Waals surface area (Å²) in [7, 11) is 1.28. The van der Waals surface area contributed by atoms with Gasteiger partial charge in [-0.1, -0.05) is 0 Å². The molecule has 1 rings (SSSR count). The minimum absolute atomic E-state index is 0.208. The minimum Gasteiger partial charge on any atom is -0.467 e. The van der Waals surface area contributed by atoms with Gasteiger partial charge < -0.3 is 19.0 Å². The zero-order valence-electron chi connectivity index (χ0n) is 8.48. The highest BCUT2D eigenvalue weighted by Gasteiger charge is 2.39. The highest BCUT2D eigenvalue weighted by Crippen LogP contribution is 2.26. The number of aldehydes is 1. The van der Waals surface area contributed by atoms with E-state index < -0.39 is 24.0 Å². The fourth-order valence-corrected chi connectivity index (χ4v) is 1.40. The third-order valence-electron chi connectivity index (χ3n) is 1.92. The molecule has 14 heavy (non-hydrogen) atoms. The van der Waals surface area contributed by atoms with E-state index >= 15 is 0 Å². The zero-order chi connectivity index (χ0) is 10.8. The van der Waals surface area contributed by atoms with Crippen molar-refractivity contribution in [3.8, 4) is 0 Å². The van der Waals surface area contributed by atoms with Crippen molar-refractivity contribution in [3.05, 3.63) is 0 Å². The van der Waals surface area contributed by atoms with Crippen molar-refractivity contribution in [2.24, 2.45) is 0 Å². The molecular formula is C9H14O5. The van der Waals surface area contributed by atoms with Crippen molar-refractivity contribution in [2.45, 2.75) is 38.3 Å². The summed E-state index contributed by atoms with van der Waals surface area (Å²) in [5.41, 5.74) is 0. The summed E-state index contributed by atoms with van der Waals surface area (Å²) in [5.74, 6) is -1.41. The molecule has 80 valence electrons. The first-order valence-corrected chi connectivity index (χ1v) is 4.37. The second kappa shape index (κ2) is 4.06. The fraction of sp³-hybridized carbons (Fsp3) is 0.778. The van der Waals surface area contributed by atoms with Crippen LogP contribution < -0.4 is 0 Å². The number of hydrogen-bond donors (Lipinski definition) is 0. The molecule has 2 atom stereocenters. The van der Waals surface area contributed by atoms with Crippen molar-refractivity contribution >= 4 is 12.3 Å². The molecule has 0 aromatic carbocycles. The summed E-state index contributed by atoms with van der Waals surface area (Å²) in [5, 5.41) is 0. The Bertz CT molecular complexity index is 235. The molecule has 5 nitrogen and oxygen atoms in total. The number of carbonyl (C=O) groups is 2. The molecule has 5 heteroatoms. The van der Waals surface area contributed by atoms with Crippen molar-refractivity contribution < 1.29 is 23.8 Å². The molecule has 0 aromatic rings. The number of methoxy groups -OCH3 is 1. The monoisotopic (exact) mass is 202 g/mol. The summed E-state index contributed by atoms with van der Waals surface area (Å²) >= 11 is 0. The van der Waals surface area contributed by atoms with Crippen LogP contribution in [0.2, 0.25) is 0 Å². The highest BCUT2D eigenvalue weighted by molar-refractivity contribution is 5.75. The first kappa shape index (κ1) is 11.1. The van der Waals surface area contributed by atoms with Gasteiger partial charge in [-0.2, -0.15) is 0 Å². The Morgan fingerprint density at radius 3 is 2.64 bits per heavy atom. The van der Waals surface area contributed by atoms with Gasteiger partial charge >= 0.3 is 5.97 Å². The minimum atomic E-state index is -0.928. The van der Waals surface area contributed by atoms with Crippen molar-refractivity contribution in [1.82, 2.24) is 0 Å². The van der Waals surface area contributed by atoms with Crippen LogP contribution in [0, 0.1) is 0 Å². The summed E-state index contributed by atoms with van der Waals surface area (Å²) in [4.78, 5) is 21.8. The van der Waals surface area contributed by atoms with Gasteiger partial charge in [0.05, 0.1) is 7.11 Å². The van der Waals surface area contributed by atoms with E-state index in [1.807, 2.05) is 0 Å². The van der Waals surface area contributed by atoms with E-state index in [4.69, 9.17) is 9.47 Å². The SMILES string of the molecule is COC(=O)C1CC(C=O)OC(C)(C)O1. The van der Waals surface area contributed by atoms with Crippen LogP contribution in [0.5, 0.6) is 0 Å². The van der Waals surface area contributed by atoms with Gasteiger partial charge in [0.1, 0.15) is 12.4 Å². The summed E-state index contributed by atoms with van der Waals surface area (Å²) in [6.07, 6.45) is -0.457. The van der Waals surface area contributed by atoms with E-state index in [0.29, 0.717) is 6.29 Å². The molecule has 0 N–H and O–H groups in total. The summed E-state index contributed by atoms with van der Waals surface area (Å²) in [6, 6.07) is 0. The van der Waals surface area contributed by atoms with E-state index in [0.717, 1.165) is 0 Å².